The maximum atomic E-state index is 12.6. The number of phenols is 1. The smallest absolute Gasteiger partial charge is 0.123 e. The summed E-state index contributed by atoms with van der Waals surface area (Å²) in [7, 11) is 0. The van der Waals surface area contributed by atoms with Gasteiger partial charge in [-0.15, -0.1) is 0 Å². The van der Waals surface area contributed by atoms with Gasteiger partial charge in [0.05, 0.1) is 6.67 Å². The number of halogens is 1. The van der Waals surface area contributed by atoms with Crippen LogP contribution in [0.2, 0.25) is 0 Å². The van der Waals surface area contributed by atoms with Gasteiger partial charge in [0.1, 0.15) is 29.0 Å². The quantitative estimate of drug-likeness (QED) is 0.330. The Kier molecular flexibility index (Phi) is 8.23. The molecule has 0 spiro atoms. The molecule has 0 bridgehead atoms. The van der Waals surface area contributed by atoms with E-state index in [2.05, 4.69) is 67.3 Å². The van der Waals surface area contributed by atoms with Crippen molar-refractivity contribution in [2.24, 2.45) is 0 Å². The van der Waals surface area contributed by atoms with Crippen LogP contribution in [0.5, 0.6) is 17.2 Å². The lowest BCUT2D eigenvalue weighted by Gasteiger charge is -2.19. The van der Waals surface area contributed by atoms with Gasteiger partial charge in [0.15, 0.2) is 0 Å². The summed E-state index contributed by atoms with van der Waals surface area (Å²) in [5.74, 6) is 2.17. The van der Waals surface area contributed by atoms with Crippen molar-refractivity contribution in [2.45, 2.75) is 71.5 Å². The van der Waals surface area contributed by atoms with Gasteiger partial charge in [-0.05, 0) is 121 Å². The highest BCUT2D eigenvalue weighted by Crippen LogP contribution is 2.43. The van der Waals surface area contributed by atoms with Crippen molar-refractivity contribution in [3.8, 4) is 17.2 Å². The third-order valence-electron chi connectivity index (χ3n) is 8.23. The minimum Gasteiger partial charge on any atom is -0.508 e. The van der Waals surface area contributed by atoms with E-state index in [0.717, 1.165) is 68.8 Å². The molecule has 3 aromatic rings. The van der Waals surface area contributed by atoms with E-state index in [-0.39, 0.29) is 25.8 Å². The Labute approximate surface area is 238 Å². The molecule has 40 heavy (non-hydrogen) atoms. The predicted molar refractivity (Wildman–Crippen MR) is 161 cm³/mol. The summed E-state index contributed by atoms with van der Waals surface area (Å²) in [4.78, 5) is 2.29. The number of nitrogens with zero attached hydrogens (tertiary/aromatic N) is 1. The fraction of sp³-hybridized carbons (Fsp3) is 0.429. The van der Waals surface area contributed by atoms with Gasteiger partial charge in [-0.1, -0.05) is 31.7 Å². The topological polar surface area (TPSA) is 41.9 Å². The average Bonchev–Trinajstić information content (AvgIpc) is 3.43. The van der Waals surface area contributed by atoms with E-state index in [9.17, 15) is 9.50 Å². The number of aromatic hydroxyl groups is 1. The molecule has 0 radical (unpaired) electrons. The third-order valence-corrected chi connectivity index (χ3v) is 8.23. The molecule has 1 saturated heterocycles. The molecule has 0 aromatic heterocycles. The number of phenolic OH excluding ortho intramolecular Hbond substituents is 1. The highest BCUT2D eigenvalue weighted by Gasteiger charge is 2.31. The number of hydrogen-bond acceptors (Lipinski definition) is 4. The first-order valence-corrected chi connectivity index (χ1v) is 14.3. The van der Waals surface area contributed by atoms with Crippen molar-refractivity contribution >= 4 is 11.1 Å². The number of hydrogen-bond donors (Lipinski definition) is 1. The van der Waals surface area contributed by atoms with Gasteiger partial charge in [-0.25, -0.2) is 0 Å². The van der Waals surface area contributed by atoms with E-state index < -0.39 is 0 Å². The Morgan fingerprint density at radius 1 is 1.00 bits per heavy atom. The van der Waals surface area contributed by atoms with Gasteiger partial charge in [0.2, 0.25) is 0 Å². The molecule has 0 saturated carbocycles. The van der Waals surface area contributed by atoms with Crippen LogP contribution in [-0.2, 0) is 12.8 Å². The van der Waals surface area contributed by atoms with E-state index >= 15 is 0 Å². The van der Waals surface area contributed by atoms with Gasteiger partial charge in [-0.2, -0.15) is 0 Å². The number of rotatable bonds is 7. The van der Waals surface area contributed by atoms with Gasteiger partial charge in [-0.3, -0.25) is 9.29 Å². The standard InChI is InChI=1S/C34H38FNO3.CH4/c1-34(2)21-26-19-25(9-14-32(26)39-34)30-6-3-5-24-20-27(37)10-13-31(24)33(30)23-7-11-28(12-8-23)38-29-15-18-36(22-29)17-4-16-35;/h7-14,19-20,29,37H,3-6,15-18,21-22H2,1-2H3;1H4/t29-;/m0./s1. The Balaban J connectivity index is 0.00000323. The van der Waals surface area contributed by atoms with E-state index in [1.165, 1.54) is 33.4 Å². The van der Waals surface area contributed by atoms with Gasteiger partial charge in [0, 0.05) is 26.1 Å². The summed E-state index contributed by atoms with van der Waals surface area (Å²) in [6.45, 7) is 6.64. The van der Waals surface area contributed by atoms with Crippen molar-refractivity contribution < 1.29 is 19.0 Å². The van der Waals surface area contributed by atoms with Crippen molar-refractivity contribution in [1.29, 1.82) is 0 Å². The van der Waals surface area contributed by atoms with Crippen LogP contribution in [0.1, 0.15) is 74.8 Å². The van der Waals surface area contributed by atoms with Crippen LogP contribution in [0.4, 0.5) is 4.39 Å². The Bertz CT molecular complexity index is 1380. The molecule has 1 atom stereocenters. The van der Waals surface area contributed by atoms with Crippen LogP contribution in [0.3, 0.4) is 0 Å². The monoisotopic (exact) mass is 543 g/mol. The van der Waals surface area contributed by atoms with E-state index in [1.54, 1.807) is 6.07 Å². The molecule has 1 fully saturated rings. The SMILES string of the molecule is C.CC1(C)Cc2cc(C3=C(c4ccc(O[C@H]5CCN(CCCF)C5)cc4)c4ccc(O)cc4CCC3)ccc2O1. The Hall–Kier alpha value is -3.31. The number of ether oxygens (including phenoxy) is 2. The molecule has 212 valence electrons. The van der Waals surface area contributed by atoms with Crippen molar-refractivity contribution in [3.63, 3.8) is 0 Å². The number of fused-ring (bicyclic) bond motifs is 2. The predicted octanol–water partition coefficient (Wildman–Crippen LogP) is 7.85. The zero-order valence-electron chi connectivity index (χ0n) is 23.0. The zero-order valence-corrected chi connectivity index (χ0v) is 23.0. The summed E-state index contributed by atoms with van der Waals surface area (Å²) in [6.07, 6.45) is 5.52. The fourth-order valence-electron chi connectivity index (χ4n) is 6.46. The molecule has 3 aliphatic rings. The molecular formula is C35H42FNO3. The molecule has 3 aromatic carbocycles. The zero-order chi connectivity index (χ0) is 27.0. The minimum atomic E-state index is -0.263. The number of aryl methyl sites for hydroxylation is 1. The first-order chi connectivity index (χ1) is 18.9. The second kappa shape index (κ2) is 11.7. The van der Waals surface area contributed by atoms with Crippen LogP contribution in [0.25, 0.3) is 11.1 Å². The molecule has 2 aliphatic heterocycles. The summed E-state index contributed by atoms with van der Waals surface area (Å²) in [5, 5.41) is 10.2. The molecule has 0 unspecified atom stereocenters. The summed E-state index contributed by atoms with van der Waals surface area (Å²) >= 11 is 0. The summed E-state index contributed by atoms with van der Waals surface area (Å²) in [5.41, 5.74) is 8.41. The lowest BCUT2D eigenvalue weighted by molar-refractivity contribution is 0.138. The minimum absolute atomic E-state index is 0. The average molecular weight is 544 g/mol. The van der Waals surface area contributed by atoms with E-state index in [1.807, 2.05) is 6.07 Å². The van der Waals surface area contributed by atoms with Crippen molar-refractivity contribution in [3.05, 3.63) is 88.5 Å². The normalized spacial score (nSPS) is 19.8. The largest absolute Gasteiger partial charge is 0.508 e. The number of benzene rings is 3. The molecule has 4 nitrogen and oxygen atoms in total. The number of likely N-dealkylation sites (tertiary alicyclic amines) is 1. The van der Waals surface area contributed by atoms with Crippen LogP contribution in [0.15, 0.2) is 60.7 Å². The lowest BCUT2D eigenvalue weighted by Crippen LogP contribution is -2.26. The molecular weight excluding hydrogens is 501 g/mol. The second-order valence-corrected chi connectivity index (χ2v) is 11.8. The van der Waals surface area contributed by atoms with Gasteiger partial charge in [0.25, 0.3) is 0 Å². The Morgan fingerprint density at radius 3 is 2.60 bits per heavy atom. The first kappa shape index (κ1) is 28.2. The van der Waals surface area contributed by atoms with Crippen LogP contribution in [-0.4, -0.2) is 48.0 Å². The van der Waals surface area contributed by atoms with Crippen LogP contribution < -0.4 is 9.47 Å². The van der Waals surface area contributed by atoms with E-state index in [4.69, 9.17) is 9.47 Å². The van der Waals surface area contributed by atoms with Crippen molar-refractivity contribution in [2.75, 3.05) is 26.3 Å². The molecule has 5 heteroatoms. The molecule has 1 aliphatic carbocycles. The highest BCUT2D eigenvalue weighted by atomic mass is 19.1. The number of allylic oxidation sites excluding steroid dienone is 1. The maximum Gasteiger partial charge on any atom is 0.123 e. The van der Waals surface area contributed by atoms with Gasteiger partial charge >= 0.3 is 0 Å². The first-order valence-electron chi connectivity index (χ1n) is 14.3. The highest BCUT2D eigenvalue weighted by molar-refractivity contribution is 6.00. The molecule has 2 heterocycles. The maximum absolute atomic E-state index is 12.6. The van der Waals surface area contributed by atoms with Crippen LogP contribution in [0, 0.1) is 0 Å². The summed E-state index contributed by atoms with van der Waals surface area (Å²) < 4.78 is 25.0. The van der Waals surface area contributed by atoms with Crippen molar-refractivity contribution in [1.82, 2.24) is 4.90 Å². The van der Waals surface area contributed by atoms with Gasteiger partial charge < -0.3 is 14.6 Å². The molecule has 6 rings (SSSR count). The third kappa shape index (κ3) is 5.90. The fourth-order valence-corrected chi connectivity index (χ4v) is 6.46. The Morgan fingerprint density at radius 2 is 1.80 bits per heavy atom. The van der Waals surface area contributed by atoms with E-state index in [0.29, 0.717) is 12.2 Å². The second-order valence-electron chi connectivity index (χ2n) is 11.8. The summed E-state index contributed by atoms with van der Waals surface area (Å²) in [6, 6.07) is 20.9. The molecule has 0 amide bonds. The lowest BCUT2D eigenvalue weighted by atomic mass is 9.87. The molecule has 1 N–H and O–H groups in total. The number of alkyl halides is 1. The van der Waals surface area contributed by atoms with Crippen LogP contribution >= 0.6 is 0 Å².